The molecule has 8 nitrogen and oxygen atoms in total. The van der Waals surface area contributed by atoms with Crippen molar-refractivity contribution < 1.29 is 29.2 Å². The fraction of sp³-hybridized carbons (Fsp3) is 0.933. The number of carbonyl (C=O) groups excluding carboxylic acids is 1. The largest absolute Gasteiger partial charge is 0.388 e. The Morgan fingerprint density at radius 2 is 1.87 bits per heavy atom. The molecule has 1 saturated heterocycles. The van der Waals surface area contributed by atoms with Gasteiger partial charge in [-0.25, -0.2) is 0 Å². The summed E-state index contributed by atoms with van der Waals surface area (Å²) in [5.74, 6) is -0.269. The van der Waals surface area contributed by atoms with Crippen molar-refractivity contribution in [2.24, 2.45) is 0 Å². The molecule has 23 heavy (non-hydrogen) atoms. The number of rotatable bonds is 11. The standard InChI is InChI=1S/C15H30N2O6/c1-11(18)17-12-9-23-13(15(20)14(12)19)10-22-8-4-7-21-6-3-5-16-2/h12-16,19-20H,3-10H2,1-2H3,(H,17,18)/t12-,13-,14-,15+/m1/s1. The molecule has 0 spiro atoms. The van der Waals surface area contributed by atoms with Gasteiger partial charge in [0.2, 0.25) is 5.91 Å². The van der Waals surface area contributed by atoms with Crippen LogP contribution in [0, 0.1) is 0 Å². The van der Waals surface area contributed by atoms with Gasteiger partial charge < -0.3 is 35.1 Å². The molecule has 0 unspecified atom stereocenters. The van der Waals surface area contributed by atoms with Crippen molar-refractivity contribution in [3.05, 3.63) is 0 Å². The van der Waals surface area contributed by atoms with E-state index in [9.17, 15) is 15.0 Å². The second-order valence-corrected chi connectivity index (χ2v) is 5.66. The maximum Gasteiger partial charge on any atom is 0.217 e. The summed E-state index contributed by atoms with van der Waals surface area (Å²) in [5.41, 5.74) is 0. The molecule has 0 bridgehead atoms. The lowest BCUT2D eigenvalue weighted by Crippen LogP contribution is -2.59. The van der Waals surface area contributed by atoms with Gasteiger partial charge >= 0.3 is 0 Å². The lowest BCUT2D eigenvalue weighted by Gasteiger charge is -2.37. The predicted molar refractivity (Wildman–Crippen MR) is 84.2 cm³/mol. The van der Waals surface area contributed by atoms with Crippen LogP contribution in [0.5, 0.6) is 0 Å². The first-order chi connectivity index (χ1) is 11.1. The molecule has 8 heteroatoms. The fourth-order valence-corrected chi connectivity index (χ4v) is 2.33. The van der Waals surface area contributed by atoms with Crippen LogP contribution in [-0.4, -0.2) is 87.1 Å². The molecule has 1 aliphatic rings. The Labute approximate surface area is 137 Å². The van der Waals surface area contributed by atoms with Crippen molar-refractivity contribution in [3.63, 3.8) is 0 Å². The van der Waals surface area contributed by atoms with Gasteiger partial charge in [0.1, 0.15) is 18.3 Å². The van der Waals surface area contributed by atoms with Crippen LogP contribution < -0.4 is 10.6 Å². The van der Waals surface area contributed by atoms with Crippen LogP contribution in [0.25, 0.3) is 0 Å². The Morgan fingerprint density at radius 1 is 1.17 bits per heavy atom. The Morgan fingerprint density at radius 3 is 2.57 bits per heavy atom. The monoisotopic (exact) mass is 334 g/mol. The number of hydrogen-bond donors (Lipinski definition) is 4. The van der Waals surface area contributed by atoms with Crippen LogP contribution in [0.2, 0.25) is 0 Å². The smallest absolute Gasteiger partial charge is 0.217 e. The van der Waals surface area contributed by atoms with Crippen molar-refractivity contribution >= 4 is 5.91 Å². The molecular formula is C15H30N2O6. The van der Waals surface area contributed by atoms with Gasteiger partial charge in [-0.3, -0.25) is 4.79 Å². The van der Waals surface area contributed by atoms with Gasteiger partial charge in [-0.05, 0) is 26.4 Å². The Bertz CT molecular complexity index is 331. The highest BCUT2D eigenvalue weighted by atomic mass is 16.5. The lowest BCUT2D eigenvalue weighted by molar-refractivity contribution is -0.170. The van der Waals surface area contributed by atoms with E-state index >= 15 is 0 Å². The molecule has 1 rings (SSSR count). The Hall–Kier alpha value is -0.770. The van der Waals surface area contributed by atoms with Crippen molar-refractivity contribution in [1.82, 2.24) is 10.6 Å². The first kappa shape index (κ1) is 20.3. The average Bonchev–Trinajstić information content (AvgIpc) is 2.52. The molecule has 4 N–H and O–H groups in total. The number of amides is 1. The van der Waals surface area contributed by atoms with Gasteiger partial charge in [0.05, 0.1) is 19.3 Å². The van der Waals surface area contributed by atoms with Crippen LogP contribution >= 0.6 is 0 Å². The molecule has 136 valence electrons. The van der Waals surface area contributed by atoms with Crippen LogP contribution in [0.15, 0.2) is 0 Å². The number of ether oxygens (including phenoxy) is 3. The third-order valence-corrected chi connectivity index (χ3v) is 3.60. The van der Waals surface area contributed by atoms with E-state index in [0.29, 0.717) is 13.2 Å². The number of aliphatic hydroxyl groups is 2. The quantitative estimate of drug-likeness (QED) is 0.346. The maximum absolute atomic E-state index is 11.0. The molecule has 0 aromatic rings. The summed E-state index contributed by atoms with van der Waals surface area (Å²) in [6, 6.07) is -0.593. The van der Waals surface area contributed by atoms with Crippen LogP contribution in [0.1, 0.15) is 19.8 Å². The van der Waals surface area contributed by atoms with Crippen LogP contribution in [0.3, 0.4) is 0 Å². The van der Waals surface area contributed by atoms with E-state index < -0.39 is 24.4 Å². The lowest BCUT2D eigenvalue weighted by atomic mass is 9.98. The minimum atomic E-state index is -1.08. The van der Waals surface area contributed by atoms with Gasteiger partial charge in [0.15, 0.2) is 0 Å². The Balaban J connectivity index is 2.08. The Kier molecular flexibility index (Phi) is 10.3. The number of nitrogens with one attached hydrogen (secondary N) is 2. The molecule has 0 radical (unpaired) electrons. The zero-order valence-corrected chi connectivity index (χ0v) is 14.0. The highest BCUT2D eigenvalue weighted by Gasteiger charge is 2.38. The van der Waals surface area contributed by atoms with Crippen molar-refractivity contribution in [1.29, 1.82) is 0 Å². The topological polar surface area (TPSA) is 109 Å². The third kappa shape index (κ3) is 8.05. The van der Waals surface area contributed by atoms with Gasteiger partial charge in [0.25, 0.3) is 0 Å². The average molecular weight is 334 g/mol. The van der Waals surface area contributed by atoms with E-state index in [1.807, 2.05) is 7.05 Å². The molecule has 0 aliphatic carbocycles. The van der Waals surface area contributed by atoms with Gasteiger partial charge in [0, 0.05) is 26.7 Å². The fourth-order valence-electron chi connectivity index (χ4n) is 2.33. The number of carbonyl (C=O) groups is 1. The van der Waals surface area contributed by atoms with Gasteiger partial charge in [-0.15, -0.1) is 0 Å². The van der Waals surface area contributed by atoms with E-state index in [1.54, 1.807) is 0 Å². The normalized spacial score (nSPS) is 27.8. The molecular weight excluding hydrogens is 304 g/mol. The summed E-state index contributed by atoms with van der Waals surface area (Å²) >= 11 is 0. The minimum absolute atomic E-state index is 0.153. The number of aliphatic hydroxyl groups excluding tert-OH is 2. The van der Waals surface area contributed by atoms with Crippen molar-refractivity contribution in [3.8, 4) is 0 Å². The zero-order chi connectivity index (χ0) is 17.1. The van der Waals surface area contributed by atoms with Crippen LogP contribution in [-0.2, 0) is 19.0 Å². The van der Waals surface area contributed by atoms with E-state index in [1.165, 1.54) is 6.92 Å². The van der Waals surface area contributed by atoms with Crippen LogP contribution in [0.4, 0.5) is 0 Å². The third-order valence-electron chi connectivity index (χ3n) is 3.60. The van der Waals surface area contributed by atoms with E-state index in [2.05, 4.69) is 10.6 Å². The second kappa shape index (κ2) is 11.7. The molecule has 0 saturated carbocycles. The predicted octanol–water partition coefficient (Wildman–Crippen LogP) is -1.36. The molecule has 1 heterocycles. The molecule has 0 aromatic heterocycles. The molecule has 1 fully saturated rings. The number of hydrogen-bond acceptors (Lipinski definition) is 7. The van der Waals surface area contributed by atoms with E-state index in [-0.39, 0.29) is 19.1 Å². The molecule has 4 atom stereocenters. The summed E-state index contributed by atoms with van der Waals surface area (Å²) in [6.07, 6.45) is -0.992. The zero-order valence-electron chi connectivity index (χ0n) is 14.0. The van der Waals surface area contributed by atoms with Crippen molar-refractivity contribution in [2.75, 3.05) is 46.6 Å². The van der Waals surface area contributed by atoms with Gasteiger partial charge in [-0.1, -0.05) is 0 Å². The summed E-state index contributed by atoms with van der Waals surface area (Å²) in [5, 5.41) is 25.6. The minimum Gasteiger partial charge on any atom is -0.388 e. The highest BCUT2D eigenvalue weighted by molar-refractivity contribution is 5.73. The maximum atomic E-state index is 11.0. The SMILES string of the molecule is CNCCCOCCCOC[C@H]1OC[C@@H](NC(C)=O)[C@@H](O)[C@H]1O. The summed E-state index contributed by atoms with van der Waals surface area (Å²) in [4.78, 5) is 11.0. The molecule has 0 aromatic carbocycles. The first-order valence-corrected chi connectivity index (χ1v) is 8.11. The first-order valence-electron chi connectivity index (χ1n) is 8.11. The summed E-state index contributed by atoms with van der Waals surface area (Å²) in [7, 11) is 1.91. The van der Waals surface area contributed by atoms with E-state index in [0.717, 1.165) is 26.0 Å². The molecule has 1 aliphatic heterocycles. The summed E-state index contributed by atoms with van der Waals surface area (Å²) in [6.45, 7) is 4.51. The van der Waals surface area contributed by atoms with E-state index in [4.69, 9.17) is 14.2 Å². The molecule has 1 amide bonds. The van der Waals surface area contributed by atoms with Gasteiger partial charge in [-0.2, -0.15) is 0 Å². The van der Waals surface area contributed by atoms with Crippen molar-refractivity contribution in [2.45, 2.75) is 44.1 Å². The summed E-state index contributed by atoms with van der Waals surface area (Å²) < 4.78 is 16.4. The second-order valence-electron chi connectivity index (χ2n) is 5.66. The highest BCUT2D eigenvalue weighted by Crippen LogP contribution is 2.16.